The molecule has 0 aromatic carbocycles. The lowest BCUT2D eigenvalue weighted by atomic mass is 9.83. The third-order valence-electron chi connectivity index (χ3n) is 3.64. The van der Waals surface area contributed by atoms with Crippen molar-refractivity contribution < 1.29 is 4.74 Å². The Bertz CT molecular complexity index is 342. The van der Waals surface area contributed by atoms with Crippen LogP contribution in [0.25, 0.3) is 0 Å². The van der Waals surface area contributed by atoms with Crippen LogP contribution in [-0.4, -0.2) is 16.9 Å². The standard InChI is InChI=1S/C12H21N3O/c1-15-12(10(16-2)8-14-15)11(13)9-6-4-3-5-7-9/h8-9,11H,3-7,13H2,1-2H3. The summed E-state index contributed by atoms with van der Waals surface area (Å²) >= 11 is 0. The minimum atomic E-state index is 0.0581. The maximum absolute atomic E-state index is 6.35. The van der Waals surface area contributed by atoms with Crippen LogP contribution in [0.3, 0.4) is 0 Å². The first-order valence-corrected chi connectivity index (χ1v) is 6.05. The van der Waals surface area contributed by atoms with Crippen molar-refractivity contribution in [3.63, 3.8) is 0 Å². The largest absolute Gasteiger partial charge is 0.493 e. The van der Waals surface area contributed by atoms with E-state index in [1.807, 2.05) is 11.7 Å². The normalized spacial score (nSPS) is 19.7. The number of nitrogens with two attached hydrogens (primary N) is 1. The van der Waals surface area contributed by atoms with Crippen LogP contribution in [0.1, 0.15) is 43.8 Å². The van der Waals surface area contributed by atoms with Gasteiger partial charge in [0.2, 0.25) is 0 Å². The monoisotopic (exact) mass is 223 g/mol. The number of aromatic nitrogens is 2. The van der Waals surface area contributed by atoms with Crippen LogP contribution in [0.4, 0.5) is 0 Å². The molecular formula is C12H21N3O. The van der Waals surface area contributed by atoms with E-state index < -0.39 is 0 Å². The van der Waals surface area contributed by atoms with Gasteiger partial charge in [-0.1, -0.05) is 19.3 Å². The zero-order chi connectivity index (χ0) is 11.5. The molecule has 1 aliphatic carbocycles. The first-order valence-electron chi connectivity index (χ1n) is 6.05. The van der Waals surface area contributed by atoms with Crippen molar-refractivity contribution in [2.45, 2.75) is 38.1 Å². The molecule has 0 amide bonds. The molecule has 1 heterocycles. The molecule has 1 unspecified atom stereocenters. The Balaban J connectivity index is 2.18. The highest BCUT2D eigenvalue weighted by Gasteiger charge is 2.26. The predicted molar refractivity (Wildman–Crippen MR) is 63.3 cm³/mol. The first kappa shape index (κ1) is 11.5. The van der Waals surface area contributed by atoms with E-state index in [1.165, 1.54) is 32.1 Å². The van der Waals surface area contributed by atoms with Gasteiger partial charge in [0.1, 0.15) is 0 Å². The number of nitrogens with zero attached hydrogens (tertiary/aromatic N) is 2. The molecule has 16 heavy (non-hydrogen) atoms. The molecule has 4 nitrogen and oxygen atoms in total. The summed E-state index contributed by atoms with van der Waals surface area (Å²) in [4.78, 5) is 0. The zero-order valence-electron chi connectivity index (χ0n) is 10.1. The second-order valence-corrected chi connectivity index (χ2v) is 4.65. The molecule has 0 bridgehead atoms. The Morgan fingerprint density at radius 1 is 1.44 bits per heavy atom. The van der Waals surface area contributed by atoms with Crippen molar-refractivity contribution in [2.24, 2.45) is 18.7 Å². The summed E-state index contributed by atoms with van der Waals surface area (Å²) in [5, 5.41) is 4.21. The molecule has 0 spiro atoms. The maximum Gasteiger partial charge on any atom is 0.161 e. The summed E-state index contributed by atoms with van der Waals surface area (Å²) in [6.45, 7) is 0. The first-order chi connectivity index (χ1) is 7.74. The molecule has 4 heteroatoms. The number of ether oxygens (including phenoxy) is 1. The van der Waals surface area contributed by atoms with E-state index in [0.717, 1.165) is 11.4 Å². The van der Waals surface area contributed by atoms with Gasteiger partial charge in [-0.3, -0.25) is 4.68 Å². The van der Waals surface area contributed by atoms with Crippen LogP contribution >= 0.6 is 0 Å². The predicted octanol–water partition coefficient (Wildman–Crippen LogP) is 2.01. The summed E-state index contributed by atoms with van der Waals surface area (Å²) < 4.78 is 7.16. The number of methoxy groups -OCH3 is 1. The number of rotatable bonds is 3. The SMILES string of the molecule is COc1cnn(C)c1C(N)C1CCCCC1. The van der Waals surface area contributed by atoms with Crippen LogP contribution in [-0.2, 0) is 7.05 Å². The molecular weight excluding hydrogens is 202 g/mol. The highest BCUT2D eigenvalue weighted by atomic mass is 16.5. The van der Waals surface area contributed by atoms with E-state index in [9.17, 15) is 0 Å². The Hall–Kier alpha value is -1.03. The van der Waals surface area contributed by atoms with E-state index in [0.29, 0.717) is 5.92 Å². The Labute approximate surface area is 96.8 Å². The molecule has 1 aromatic heterocycles. The van der Waals surface area contributed by atoms with E-state index in [-0.39, 0.29) is 6.04 Å². The molecule has 90 valence electrons. The van der Waals surface area contributed by atoms with Crippen molar-refractivity contribution in [2.75, 3.05) is 7.11 Å². The summed E-state index contributed by atoms with van der Waals surface area (Å²) in [5.74, 6) is 1.40. The van der Waals surface area contributed by atoms with E-state index in [4.69, 9.17) is 10.5 Å². The van der Waals surface area contributed by atoms with Gasteiger partial charge in [-0.2, -0.15) is 5.10 Å². The lowest BCUT2D eigenvalue weighted by molar-refractivity contribution is 0.293. The van der Waals surface area contributed by atoms with Gasteiger partial charge in [0.15, 0.2) is 5.75 Å². The van der Waals surface area contributed by atoms with E-state index in [1.54, 1.807) is 13.3 Å². The molecule has 0 saturated heterocycles. The van der Waals surface area contributed by atoms with Crippen LogP contribution in [0.5, 0.6) is 5.75 Å². The second kappa shape index (κ2) is 4.87. The van der Waals surface area contributed by atoms with Crippen molar-refractivity contribution in [1.29, 1.82) is 0 Å². The van der Waals surface area contributed by atoms with Gasteiger partial charge in [0, 0.05) is 7.05 Å². The summed E-state index contributed by atoms with van der Waals surface area (Å²) in [5.41, 5.74) is 7.39. The fourth-order valence-corrected chi connectivity index (χ4v) is 2.68. The van der Waals surface area contributed by atoms with Crippen molar-refractivity contribution in [1.82, 2.24) is 9.78 Å². The maximum atomic E-state index is 6.35. The van der Waals surface area contributed by atoms with Crippen LogP contribution in [0.2, 0.25) is 0 Å². The fraction of sp³-hybridized carbons (Fsp3) is 0.750. The van der Waals surface area contributed by atoms with Gasteiger partial charge in [0.25, 0.3) is 0 Å². The van der Waals surface area contributed by atoms with Gasteiger partial charge in [-0.15, -0.1) is 0 Å². The van der Waals surface area contributed by atoms with Crippen LogP contribution in [0, 0.1) is 5.92 Å². The molecule has 0 aliphatic heterocycles. The lowest BCUT2D eigenvalue weighted by Gasteiger charge is -2.27. The van der Waals surface area contributed by atoms with Crippen LogP contribution < -0.4 is 10.5 Å². The third kappa shape index (κ3) is 2.07. The minimum absolute atomic E-state index is 0.0581. The van der Waals surface area contributed by atoms with E-state index >= 15 is 0 Å². The Morgan fingerprint density at radius 3 is 2.75 bits per heavy atom. The van der Waals surface area contributed by atoms with Crippen LogP contribution in [0.15, 0.2) is 6.20 Å². The Morgan fingerprint density at radius 2 is 2.12 bits per heavy atom. The number of aryl methyl sites for hydroxylation is 1. The third-order valence-corrected chi connectivity index (χ3v) is 3.64. The van der Waals surface area contributed by atoms with Gasteiger partial charge < -0.3 is 10.5 Å². The summed E-state index contributed by atoms with van der Waals surface area (Å²) in [6, 6.07) is 0.0581. The lowest BCUT2D eigenvalue weighted by Crippen LogP contribution is -2.26. The van der Waals surface area contributed by atoms with Crippen molar-refractivity contribution >= 4 is 0 Å². The second-order valence-electron chi connectivity index (χ2n) is 4.65. The molecule has 1 aromatic rings. The van der Waals surface area contributed by atoms with Gasteiger partial charge >= 0.3 is 0 Å². The van der Waals surface area contributed by atoms with Gasteiger partial charge in [-0.25, -0.2) is 0 Å². The van der Waals surface area contributed by atoms with E-state index in [2.05, 4.69) is 5.10 Å². The molecule has 1 atom stereocenters. The highest BCUT2D eigenvalue weighted by molar-refractivity contribution is 5.28. The molecule has 2 N–H and O–H groups in total. The molecule has 1 saturated carbocycles. The number of hydrogen-bond donors (Lipinski definition) is 1. The quantitative estimate of drug-likeness (QED) is 0.852. The molecule has 1 aliphatic rings. The van der Waals surface area contributed by atoms with Gasteiger partial charge in [-0.05, 0) is 18.8 Å². The van der Waals surface area contributed by atoms with Crippen molar-refractivity contribution in [3.05, 3.63) is 11.9 Å². The summed E-state index contributed by atoms with van der Waals surface area (Å²) in [6.07, 6.45) is 8.17. The highest BCUT2D eigenvalue weighted by Crippen LogP contribution is 2.35. The fourth-order valence-electron chi connectivity index (χ4n) is 2.68. The Kier molecular flexibility index (Phi) is 3.49. The van der Waals surface area contributed by atoms with Crippen molar-refractivity contribution in [3.8, 4) is 5.75 Å². The topological polar surface area (TPSA) is 53.1 Å². The average Bonchev–Trinajstić information content (AvgIpc) is 2.70. The molecule has 2 rings (SSSR count). The molecule has 0 radical (unpaired) electrons. The smallest absolute Gasteiger partial charge is 0.161 e. The summed E-state index contributed by atoms with van der Waals surface area (Å²) in [7, 11) is 3.61. The molecule has 1 fully saturated rings. The zero-order valence-corrected chi connectivity index (χ0v) is 10.1. The minimum Gasteiger partial charge on any atom is -0.493 e. The average molecular weight is 223 g/mol. The van der Waals surface area contributed by atoms with Gasteiger partial charge in [0.05, 0.1) is 25.0 Å². The number of hydrogen-bond acceptors (Lipinski definition) is 3.